The Bertz CT molecular complexity index is 915. The zero-order valence-electron chi connectivity index (χ0n) is 13.1. The van der Waals surface area contributed by atoms with Crippen LogP contribution in [-0.2, 0) is 6.54 Å². The molecule has 9 heteroatoms. The lowest BCUT2D eigenvalue weighted by molar-refractivity contribution is 0.0603. The first-order chi connectivity index (χ1) is 11.5. The number of imidazole rings is 1. The summed E-state index contributed by atoms with van der Waals surface area (Å²) < 4.78 is 24.1. The van der Waals surface area contributed by atoms with Gasteiger partial charge in [-0.25, -0.2) is 9.97 Å². The Labute approximate surface area is 140 Å². The standard InChI is InChI=1S/C15H14FN5O2S/c1-8-10-7-17-13(14-18-9(2)19-24-14)21(10)6-5-20(8)15(22)11-3-4-12(16)23-11/h3-4,7-8H,5-6H2,1-2H3/t8-/m1/s1. The molecule has 0 bridgehead atoms. The van der Waals surface area contributed by atoms with Gasteiger partial charge in [-0.05, 0) is 31.4 Å². The normalized spacial score (nSPS) is 17.1. The smallest absolute Gasteiger partial charge is 0.290 e. The van der Waals surface area contributed by atoms with Gasteiger partial charge in [-0.3, -0.25) is 4.79 Å². The van der Waals surface area contributed by atoms with E-state index in [0.29, 0.717) is 18.9 Å². The molecule has 0 unspecified atom stereocenters. The highest BCUT2D eigenvalue weighted by Gasteiger charge is 2.32. The van der Waals surface area contributed by atoms with E-state index in [1.807, 2.05) is 13.8 Å². The average Bonchev–Trinajstić information content (AvgIpc) is 3.26. The second kappa shape index (κ2) is 5.52. The van der Waals surface area contributed by atoms with Crippen LogP contribution >= 0.6 is 11.5 Å². The number of amides is 1. The zero-order chi connectivity index (χ0) is 16.8. The third kappa shape index (κ3) is 2.32. The summed E-state index contributed by atoms with van der Waals surface area (Å²) in [5, 5.41) is 0.763. The molecule has 1 aliphatic rings. The maximum Gasteiger partial charge on any atom is 0.290 e. The molecule has 24 heavy (non-hydrogen) atoms. The molecular formula is C15H14FN5O2S. The molecule has 0 saturated carbocycles. The van der Waals surface area contributed by atoms with Gasteiger partial charge in [0.05, 0.1) is 17.9 Å². The predicted octanol–water partition coefficient (Wildman–Crippen LogP) is 2.66. The Morgan fingerprint density at radius 2 is 2.25 bits per heavy atom. The van der Waals surface area contributed by atoms with E-state index in [4.69, 9.17) is 4.42 Å². The van der Waals surface area contributed by atoms with Crippen LogP contribution in [-0.4, -0.2) is 36.3 Å². The van der Waals surface area contributed by atoms with Gasteiger partial charge in [-0.15, -0.1) is 0 Å². The topological polar surface area (TPSA) is 77.0 Å². The van der Waals surface area contributed by atoms with Crippen LogP contribution in [0, 0.1) is 12.9 Å². The van der Waals surface area contributed by atoms with Gasteiger partial charge < -0.3 is 13.9 Å². The number of aryl methyl sites for hydroxylation is 1. The van der Waals surface area contributed by atoms with Gasteiger partial charge in [-0.1, -0.05) is 0 Å². The zero-order valence-corrected chi connectivity index (χ0v) is 13.9. The molecule has 0 aromatic carbocycles. The van der Waals surface area contributed by atoms with Crippen LogP contribution in [0.2, 0.25) is 0 Å². The Morgan fingerprint density at radius 1 is 1.42 bits per heavy atom. The number of furan rings is 1. The quantitative estimate of drug-likeness (QED) is 0.712. The van der Waals surface area contributed by atoms with Gasteiger partial charge in [0.1, 0.15) is 5.82 Å². The number of carbonyl (C=O) groups is 1. The fraction of sp³-hybridized carbons (Fsp3) is 0.333. The molecule has 7 nitrogen and oxygen atoms in total. The van der Waals surface area contributed by atoms with Gasteiger partial charge in [0, 0.05) is 19.2 Å². The van der Waals surface area contributed by atoms with Crippen molar-refractivity contribution in [2.45, 2.75) is 26.4 Å². The molecule has 4 heterocycles. The van der Waals surface area contributed by atoms with E-state index in [-0.39, 0.29) is 17.7 Å². The molecule has 3 aromatic rings. The first-order valence-corrected chi connectivity index (χ1v) is 8.24. The Balaban J connectivity index is 1.65. The number of halogens is 1. The minimum atomic E-state index is -0.762. The van der Waals surface area contributed by atoms with Crippen LogP contribution < -0.4 is 0 Å². The summed E-state index contributed by atoms with van der Waals surface area (Å²) in [6, 6.07) is 1.53. The average molecular weight is 347 g/mol. The summed E-state index contributed by atoms with van der Waals surface area (Å²) in [4.78, 5) is 23.0. The van der Waals surface area contributed by atoms with Crippen molar-refractivity contribution in [1.29, 1.82) is 0 Å². The van der Waals surface area contributed by atoms with E-state index in [2.05, 4.69) is 18.9 Å². The summed E-state index contributed by atoms with van der Waals surface area (Å²) in [5.74, 6) is 1.16. The summed E-state index contributed by atoms with van der Waals surface area (Å²) in [6.45, 7) is 4.82. The Morgan fingerprint density at radius 3 is 2.92 bits per heavy atom. The minimum absolute atomic E-state index is 0.00675. The highest BCUT2D eigenvalue weighted by atomic mass is 32.1. The minimum Gasteiger partial charge on any atom is -0.426 e. The largest absolute Gasteiger partial charge is 0.426 e. The van der Waals surface area contributed by atoms with Crippen molar-refractivity contribution in [2.75, 3.05) is 6.54 Å². The molecule has 1 aliphatic heterocycles. The lowest BCUT2D eigenvalue weighted by atomic mass is 10.1. The second-order valence-electron chi connectivity index (χ2n) is 5.58. The number of fused-ring (bicyclic) bond motifs is 1. The van der Waals surface area contributed by atoms with Crippen molar-refractivity contribution >= 4 is 17.4 Å². The van der Waals surface area contributed by atoms with Crippen molar-refractivity contribution < 1.29 is 13.6 Å². The number of nitrogens with zero attached hydrogens (tertiary/aromatic N) is 5. The molecule has 0 radical (unpaired) electrons. The van der Waals surface area contributed by atoms with Crippen LogP contribution in [0.3, 0.4) is 0 Å². The number of hydrogen-bond donors (Lipinski definition) is 0. The maximum atomic E-state index is 13.0. The van der Waals surface area contributed by atoms with Crippen LogP contribution in [0.1, 0.15) is 35.0 Å². The van der Waals surface area contributed by atoms with E-state index < -0.39 is 6.01 Å². The molecule has 0 fully saturated rings. The van der Waals surface area contributed by atoms with Crippen LogP contribution in [0.5, 0.6) is 0 Å². The van der Waals surface area contributed by atoms with E-state index >= 15 is 0 Å². The van der Waals surface area contributed by atoms with Crippen molar-refractivity contribution in [3.63, 3.8) is 0 Å². The third-order valence-corrected chi connectivity index (χ3v) is 4.91. The summed E-state index contributed by atoms with van der Waals surface area (Å²) in [6.07, 6.45) is 1.75. The van der Waals surface area contributed by atoms with Crippen molar-refractivity contribution in [2.24, 2.45) is 0 Å². The van der Waals surface area contributed by atoms with Gasteiger partial charge >= 0.3 is 0 Å². The van der Waals surface area contributed by atoms with Crippen LogP contribution in [0.25, 0.3) is 10.8 Å². The highest BCUT2D eigenvalue weighted by molar-refractivity contribution is 7.09. The molecule has 124 valence electrons. The number of hydrogen-bond acceptors (Lipinski definition) is 6. The van der Waals surface area contributed by atoms with Crippen LogP contribution in [0.15, 0.2) is 22.7 Å². The summed E-state index contributed by atoms with van der Waals surface area (Å²) >= 11 is 1.31. The Kier molecular flexibility index (Phi) is 3.45. The number of carbonyl (C=O) groups excluding carboxylic acids is 1. The monoisotopic (exact) mass is 347 g/mol. The highest BCUT2D eigenvalue weighted by Crippen LogP contribution is 2.31. The van der Waals surface area contributed by atoms with Crippen molar-refractivity contribution in [3.05, 3.63) is 41.6 Å². The maximum absolute atomic E-state index is 13.0. The van der Waals surface area contributed by atoms with E-state index in [1.54, 1.807) is 11.1 Å². The molecular weight excluding hydrogens is 333 g/mol. The van der Waals surface area contributed by atoms with Crippen LogP contribution in [0.4, 0.5) is 4.39 Å². The van der Waals surface area contributed by atoms with Gasteiger partial charge in [0.15, 0.2) is 16.6 Å². The molecule has 0 N–H and O–H groups in total. The number of rotatable bonds is 2. The fourth-order valence-electron chi connectivity index (χ4n) is 2.93. The molecule has 0 aliphatic carbocycles. The van der Waals surface area contributed by atoms with Gasteiger partial charge in [0.2, 0.25) is 0 Å². The molecule has 1 amide bonds. The van der Waals surface area contributed by atoms with E-state index in [1.165, 1.54) is 17.6 Å². The summed E-state index contributed by atoms with van der Waals surface area (Å²) in [7, 11) is 0. The summed E-state index contributed by atoms with van der Waals surface area (Å²) in [5.41, 5.74) is 0.907. The van der Waals surface area contributed by atoms with Gasteiger partial charge in [-0.2, -0.15) is 8.76 Å². The second-order valence-corrected chi connectivity index (χ2v) is 6.34. The predicted molar refractivity (Wildman–Crippen MR) is 84.0 cm³/mol. The molecule has 0 saturated heterocycles. The number of aromatic nitrogens is 4. The Hall–Kier alpha value is -2.55. The molecule has 0 spiro atoms. The van der Waals surface area contributed by atoms with Crippen molar-refractivity contribution in [3.8, 4) is 10.8 Å². The third-order valence-electron chi connectivity index (χ3n) is 4.11. The molecule has 3 aromatic heterocycles. The van der Waals surface area contributed by atoms with E-state index in [9.17, 15) is 9.18 Å². The lowest BCUT2D eigenvalue weighted by Crippen LogP contribution is -2.40. The van der Waals surface area contributed by atoms with Crippen molar-refractivity contribution in [1.82, 2.24) is 23.8 Å². The molecule has 1 atom stereocenters. The SMILES string of the molecule is Cc1nsc(-c2ncc3n2CCN(C(=O)c2ccc(F)o2)[C@@H]3C)n1. The van der Waals surface area contributed by atoms with Gasteiger partial charge in [0.25, 0.3) is 11.9 Å². The first kappa shape index (κ1) is 15.0. The first-order valence-electron chi connectivity index (χ1n) is 7.47. The van der Waals surface area contributed by atoms with E-state index in [0.717, 1.165) is 22.6 Å². The lowest BCUT2D eigenvalue weighted by Gasteiger charge is -2.34. The molecule has 4 rings (SSSR count). The fourth-order valence-corrected chi connectivity index (χ4v) is 3.60.